The SMILES string of the molecule is CC(=O)N1CCC(NCCCc2ncc[nH]2)CC1. The van der Waals surface area contributed by atoms with Crippen molar-refractivity contribution >= 4 is 5.91 Å². The molecule has 0 spiro atoms. The quantitative estimate of drug-likeness (QED) is 0.765. The minimum atomic E-state index is 0.200. The van der Waals surface area contributed by atoms with Gasteiger partial charge in [0.1, 0.15) is 5.82 Å². The van der Waals surface area contributed by atoms with Crippen molar-refractivity contribution < 1.29 is 4.79 Å². The van der Waals surface area contributed by atoms with E-state index in [1.165, 1.54) is 0 Å². The number of carbonyl (C=O) groups excluding carboxylic acids is 1. The molecule has 0 radical (unpaired) electrons. The fourth-order valence-corrected chi connectivity index (χ4v) is 2.40. The monoisotopic (exact) mass is 250 g/mol. The molecule has 2 N–H and O–H groups in total. The highest BCUT2D eigenvalue weighted by molar-refractivity contribution is 5.73. The van der Waals surface area contributed by atoms with E-state index >= 15 is 0 Å². The Kier molecular flexibility index (Phi) is 4.75. The van der Waals surface area contributed by atoms with E-state index in [4.69, 9.17) is 0 Å². The van der Waals surface area contributed by atoms with Crippen LogP contribution >= 0.6 is 0 Å². The predicted molar refractivity (Wildman–Crippen MR) is 70.2 cm³/mol. The third kappa shape index (κ3) is 3.84. The topological polar surface area (TPSA) is 61.0 Å². The molecule has 2 heterocycles. The zero-order valence-corrected chi connectivity index (χ0v) is 11.0. The van der Waals surface area contributed by atoms with Crippen LogP contribution in [0.3, 0.4) is 0 Å². The minimum absolute atomic E-state index is 0.200. The summed E-state index contributed by atoms with van der Waals surface area (Å²) in [4.78, 5) is 20.4. The van der Waals surface area contributed by atoms with Gasteiger partial charge in [-0.3, -0.25) is 4.79 Å². The van der Waals surface area contributed by atoms with Crippen molar-refractivity contribution in [1.82, 2.24) is 20.2 Å². The summed E-state index contributed by atoms with van der Waals surface area (Å²) in [5.74, 6) is 1.26. The first-order chi connectivity index (χ1) is 8.75. The number of nitrogens with one attached hydrogen (secondary N) is 2. The van der Waals surface area contributed by atoms with Crippen LogP contribution in [-0.2, 0) is 11.2 Å². The van der Waals surface area contributed by atoms with E-state index in [-0.39, 0.29) is 5.91 Å². The largest absolute Gasteiger partial charge is 0.349 e. The van der Waals surface area contributed by atoms with Gasteiger partial charge in [-0.2, -0.15) is 0 Å². The van der Waals surface area contributed by atoms with Crippen LogP contribution in [0, 0.1) is 0 Å². The summed E-state index contributed by atoms with van der Waals surface area (Å²) < 4.78 is 0. The molecule has 2 rings (SSSR count). The van der Waals surface area contributed by atoms with Crippen molar-refractivity contribution in [3.8, 4) is 0 Å². The molecule has 1 aliphatic heterocycles. The second-order valence-electron chi connectivity index (χ2n) is 4.87. The van der Waals surface area contributed by atoms with Gasteiger partial charge in [-0.15, -0.1) is 0 Å². The van der Waals surface area contributed by atoms with Crippen molar-refractivity contribution in [2.45, 2.75) is 38.6 Å². The first kappa shape index (κ1) is 13.1. The van der Waals surface area contributed by atoms with Crippen LogP contribution in [0.2, 0.25) is 0 Å². The van der Waals surface area contributed by atoms with E-state index < -0.39 is 0 Å². The average Bonchev–Trinajstić information content (AvgIpc) is 2.88. The zero-order valence-electron chi connectivity index (χ0n) is 11.0. The lowest BCUT2D eigenvalue weighted by atomic mass is 10.0. The minimum Gasteiger partial charge on any atom is -0.349 e. The number of carbonyl (C=O) groups is 1. The first-order valence-electron chi connectivity index (χ1n) is 6.73. The lowest BCUT2D eigenvalue weighted by Crippen LogP contribution is -2.44. The summed E-state index contributed by atoms with van der Waals surface area (Å²) in [6.07, 6.45) is 7.88. The molecular weight excluding hydrogens is 228 g/mol. The summed E-state index contributed by atoms with van der Waals surface area (Å²) in [5, 5.41) is 3.56. The van der Waals surface area contributed by atoms with E-state index in [9.17, 15) is 4.79 Å². The van der Waals surface area contributed by atoms with Gasteiger partial charge in [-0.25, -0.2) is 4.98 Å². The summed E-state index contributed by atoms with van der Waals surface area (Å²) >= 11 is 0. The zero-order chi connectivity index (χ0) is 12.8. The average molecular weight is 250 g/mol. The second kappa shape index (κ2) is 6.54. The second-order valence-corrected chi connectivity index (χ2v) is 4.87. The van der Waals surface area contributed by atoms with Gasteiger partial charge in [0.05, 0.1) is 0 Å². The van der Waals surface area contributed by atoms with Crippen molar-refractivity contribution in [2.75, 3.05) is 19.6 Å². The lowest BCUT2D eigenvalue weighted by Gasteiger charge is -2.31. The normalized spacial score (nSPS) is 17.1. The Bertz CT molecular complexity index is 355. The van der Waals surface area contributed by atoms with Gasteiger partial charge in [-0.1, -0.05) is 0 Å². The number of amides is 1. The number of likely N-dealkylation sites (tertiary alicyclic amines) is 1. The molecule has 1 aromatic heterocycles. The number of aromatic nitrogens is 2. The molecule has 5 nitrogen and oxygen atoms in total. The van der Waals surface area contributed by atoms with Gasteiger partial charge in [0.2, 0.25) is 5.91 Å². The van der Waals surface area contributed by atoms with E-state index in [2.05, 4.69) is 15.3 Å². The maximum absolute atomic E-state index is 11.2. The molecular formula is C13H22N4O. The van der Waals surface area contributed by atoms with Gasteiger partial charge >= 0.3 is 0 Å². The van der Waals surface area contributed by atoms with Crippen molar-refractivity contribution in [3.63, 3.8) is 0 Å². The number of hydrogen-bond acceptors (Lipinski definition) is 3. The van der Waals surface area contributed by atoms with E-state index in [0.29, 0.717) is 6.04 Å². The Balaban J connectivity index is 1.57. The standard InChI is InChI=1S/C13H22N4O/c1-11(18)17-9-4-12(5-10-17)14-6-2-3-13-15-7-8-16-13/h7-8,12,14H,2-6,9-10H2,1H3,(H,15,16). The van der Waals surface area contributed by atoms with E-state index in [1.54, 1.807) is 13.1 Å². The Morgan fingerprint density at radius 3 is 2.94 bits per heavy atom. The maximum Gasteiger partial charge on any atom is 0.219 e. The maximum atomic E-state index is 11.2. The van der Waals surface area contributed by atoms with Crippen LogP contribution in [-0.4, -0.2) is 46.5 Å². The molecule has 0 saturated carbocycles. The molecule has 1 amide bonds. The third-order valence-corrected chi connectivity index (χ3v) is 3.52. The predicted octanol–water partition coefficient (Wildman–Crippen LogP) is 0.943. The van der Waals surface area contributed by atoms with Gasteiger partial charge in [-0.05, 0) is 25.8 Å². The van der Waals surface area contributed by atoms with Crippen LogP contribution in [0.5, 0.6) is 0 Å². The molecule has 0 aromatic carbocycles. The number of piperidine rings is 1. The summed E-state index contributed by atoms with van der Waals surface area (Å²) in [7, 11) is 0. The number of imidazole rings is 1. The number of hydrogen-bond donors (Lipinski definition) is 2. The highest BCUT2D eigenvalue weighted by atomic mass is 16.2. The van der Waals surface area contributed by atoms with E-state index in [0.717, 1.165) is 51.1 Å². The highest BCUT2D eigenvalue weighted by Gasteiger charge is 2.19. The molecule has 18 heavy (non-hydrogen) atoms. The fourth-order valence-electron chi connectivity index (χ4n) is 2.40. The van der Waals surface area contributed by atoms with Crippen molar-refractivity contribution in [1.29, 1.82) is 0 Å². The highest BCUT2D eigenvalue weighted by Crippen LogP contribution is 2.10. The molecule has 0 aliphatic carbocycles. The van der Waals surface area contributed by atoms with Crippen LogP contribution in [0.25, 0.3) is 0 Å². The summed E-state index contributed by atoms with van der Waals surface area (Å²) in [6.45, 7) is 4.46. The fraction of sp³-hybridized carbons (Fsp3) is 0.692. The molecule has 1 aliphatic rings. The number of aryl methyl sites for hydroxylation is 1. The lowest BCUT2D eigenvalue weighted by molar-refractivity contribution is -0.129. The summed E-state index contributed by atoms with van der Waals surface area (Å²) in [6, 6.07) is 0.567. The number of nitrogens with zero attached hydrogens (tertiary/aromatic N) is 2. The Morgan fingerprint density at radius 2 is 2.33 bits per heavy atom. The Morgan fingerprint density at radius 1 is 1.56 bits per heavy atom. The molecule has 0 unspecified atom stereocenters. The van der Waals surface area contributed by atoms with Gasteiger partial charge < -0.3 is 15.2 Å². The van der Waals surface area contributed by atoms with Gasteiger partial charge in [0, 0.05) is 44.9 Å². The molecule has 5 heteroatoms. The smallest absolute Gasteiger partial charge is 0.219 e. The molecule has 1 aromatic rings. The van der Waals surface area contributed by atoms with E-state index in [1.807, 2.05) is 11.1 Å². The molecule has 0 atom stereocenters. The van der Waals surface area contributed by atoms with Crippen LogP contribution < -0.4 is 5.32 Å². The first-order valence-corrected chi connectivity index (χ1v) is 6.73. The number of aromatic amines is 1. The van der Waals surface area contributed by atoms with Crippen molar-refractivity contribution in [2.24, 2.45) is 0 Å². The molecule has 1 fully saturated rings. The molecule has 1 saturated heterocycles. The number of H-pyrrole nitrogens is 1. The van der Waals surface area contributed by atoms with Crippen LogP contribution in [0.15, 0.2) is 12.4 Å². The molecule has 100 valence electrons. The Labute approximate surface area is 108 Å². The third-order valence-electron chi connectivity index (χ3n) is 3.52. The summed E-state index contributed by atoms with van der Waals surface area (Å²) in [5.41, 5.74) is 0. The van der Waals surface area contributed by atoms with Gasteiger partial charge in [0.25, 0.3) is 0 Å². The Hall–Kier alpha value is -1.36. The van der Waals surface area contributed by atoms with Gasteiger partial charge in [0.15, 0.2) is 0 Å². The number of rotatable bonds is 5. The van der Waals surface area contributed by atoms with Crippen molar-refractivity contribution in [3.05, 3.63) is 18.2 Å². The van der Waals surface area contributed by atoms with Crippen LogP contribution in [0.1, 0.15) is 32.0 Å². The molecule has 0 bridgehead atoms. The van der Waals surface area contributed by atoms with Crippen LogP contribution in [0.4, 0.5) is 0 Å².